The van der Waals surface area contributed by atoms with E-state index in [-0.39, 0.29) is 0 Å². The summed E-state index contributed by atoms with van der Waals surface area (Å²) in [6, 6.07) is 7.09. The minimum atomic E-state index is 0.383. The Morgan fingerprint density at radius 3 is 2.65 bits per heavy atom. The predicted octanol–water partition coefficient (Wildman–Crippen LogP) is 3.48. The summed E-state index contributed by atoms with van der Waals surface area (Å²) in [7, 11) is 0. The van der Waals surface area contributed by atoms with Gasteiger partial charge in [0.05, 0.1) is 0 Å². The van der Waals surface area contributed by atoms with Gasteiger partial charge < -0.3 is 5.73 Å². The van der Waals surface area contributed by atoms with Crippen molar-refractivity contribution < 1.29 is 0 Å². The minimum Gasteiger partial charge on any atom is -0.330 e. The minimum absolute atomic E-state index is 0.383. The molecule has 0 radical (unpaired) electrons. The molecule has 0 unspecified atom stereocenters. The van der Waals surface area contributed by atoms with E-state index in [9.17, 15) is 0 Å². The molecule has 0 saturated heterocycles. The summed E-state index contributed by atoms with van der Waals surface area (Å²) in [6.45, 7) is 5.46. The smallest absolute Gasteiger partial charge is 0.00722 e. The molecule has 0 spiro atoms. The molecule has 2 rings (SSSR count). The van der Waals surface area contributed by atoms with Crippen LogP contribution in [0.2, 0.25) is 0 Å². The van der Waals surface area contributed by atoms with Gasteiger partial charge in [0, 0.05) is 0 Å². The Balaban J connectivity index is 1.95. The fourth-order valence-electron chi connectivity index (χ4n) is 2.78. The van der Waals surface area contributed by atoms with Crippen molar-refractivity contribution >= 4 is 0 Å². The van der Waals surface area contributed by atoms with Gasteiger partial charge in [-0.25, -0.2) is 0 Å². The summed E-state index contributed by atoms with van der Waals surface area (Å²) in [6.07, 6.45) is 7.47. The lowest BCUT2D eigenvalue weighted by Crippen LogP contribution is -2.17. The third-order valence-corrected chi connectivity index (χ3v) is 4.07. The van der Waals surface area contributed by atoms with E-state index in [0.717, 1.165) is 13.0 Å². The van der Waals surface area contributed by atoms with E-state index >= 15 is 0 Å². The first-order valence-electron chi connectivity index (χ1n) is 6.91. The van der Waals surface area contributed by atoms with Crippen LogP contribution in [0.4, 0.5) is 0 Å². The summed E-state index contributed by atoms with van der Waals surface area (Å²) >= 11 is 0. The number of fused-ring (bicyclic) bond motifs is 1. The van der Waals surface area contributed by atoms with Crippen molar-refractivity contribution in [3.05, 3.63) is 34.9 Å². The molecule has 94 valence electrons. The number of hydrogen-bond donors (Lipinski definition) is 1. The van der Waals surface area contributed by atoms with Gasteiger partial charge in [-0.2, -0.15) is 0 Å². The third kappa shape index (κ3) is 3.32. The van der Waals surface area contributed by atoms with Crippen molar-refractivity contribution in [2.24, 2.45) is 11.1 Å². The van der Waals surface area contributed by atoms with Crippen molar-refractivity contribution in [1.82, 2.24) is 0 Å². The molecule has 1 nitrogen and oxygen atoms in total. The maximum absolute atomic E-state index is 5.66. The molecule has 0 saturated carbocycles. The number of nitrogens with two attached hydrogens (primary N) is 1. The van der Waals surface area contributed by atoms with Gasteiger partial charge in [0.1, 0.15) is 0 Å². The van der Waals surface area contributed by atoms with E-state index < -0.39 is 0 Å². The van der Waals surface area contributed by atoms with Crippen LogP contribution < -0.4 is 5.73 Å². The van der Waals surface area contributed by atoms with E-state index in [1.807, 2.05) is 0 Å². The van der Waals surface area contributed by atoms with Gasteiger partial charge >= 0.3 is 0 Å². The maximum atomic E-state index is 5.66. The molecular weight excluding hydrogens is 206 g/mol. The van der Waals surface area contributed by atoms with E-state index in [0.29, 0.717) is 5.41 Å². The molecule has 0 atom stereocenters. The fourth-order valence-corrected chi connectivity index (χ4v) is 2.78. The fraction of sp³-hybridized carbons (Fsp3) is 0.625. The summed E-state index contributed by atoms with van der Waals surface area (Å²) < 4.78 is 0. The molecule has 2 N–H and O–H groups in total. The molecule has 1 aliphatic carbocycles. The Hall–Kier alpha value is -0.820. The van der Waals surface area contributed by atoms with Crippen molar-refractivity contribution in [3.63, 3.8) is 0 Å². The van der Waals surface area contributed by atoms with Crippen molar-refractivity contribution in [2.45, 2.75) is 52.4 Å². The predicted molar refractivity (Wildman–Crippen MR) is 74.2 cm³/mol. The van der Waals surface area contributed by atoms with E-state index in [4.69, 9.17) is 5.73 Å². The Labute approximate surface area is 105 Å². The lowest BCUT2D eigenvalue weighted by Gasteiger charge is -2.23. The molecule has 0 heterocycles. The Bertz CT molecular complexity index is 379. The summed E-state index contributed by atoms with van der Waals surface area (Å²) in [5, 5.41) is 0. The lowest BCUT2D eigenvalue weighted by atomic mass is 9.83. The van der Waals surface area contributed by atoms with Crippen LogP contribution in [0.3, 0.4) is 0 Å². The molecule has 0 aromatic heterocycles. The normalized spacial score (nSPS) is 15.0. The largest absolute Gasteiger partial charge is 0.330 e. The van der Waals surface area contributed by atoms with Gasteiger partial charge in [0.25, 0.3) is 0 Å². The summed E-state index contributed by atoms with van der Waals surface area (Å²) in [4.78, 5) is 0. The number of benzene rings is 1. The van der Waals surface area contributed by atoms with Crippen LogP contribution in [-0.2, 0) is 19.3 Å². The van der Waals surface area contributed by atoms with Crippen molar-refractivity contribution in [3.8, 4) is 0 Å². The van der Waals surface area contributed by atoms with Gasteiger partial charge in [-0.1, -0.05) is 32.0 Å². The zero-order valence-corrected chi connectivity index (χ0v) is 11.3. The Morgan fingerprint density at radius 1 is 1.12 bits per heavy atom. The highest BCUT2D eigenvalue weighted by Gasteiger charge is 2.17. The molecule has 0 aliphatic heterocycles. The number of rotatable bonds is 5. The van der Waals surface area contributed by atoms with Crippen LogP contribution in [0.25, 0.3) is 0 Å². The average molecular weight is 231 g/mol. The Kier molecular flexibility index (Phi) is 3.88. The molecule has 1 heteroatoms. The number of hydrogen-bond acceptors (Lipinski definition) is 1. The second kappa shape index (κ2) is 5.22. The van der Waals surface area contributed by atoms with Crippen LogP contribution in [0.15, 0.2) is 18.2 Å². The highest BCUT2D eigenvalue weighted by molar-refractivity contribution is 5.35. The quantitative estimate of drug-likeness (QED) is 0.825. The lowest BCUT2D eigenvalue weighted by molar-refractivity contribution is 0.313. The molecule has 17 heavy (non-hydrogen) atoms. The van der Waals surface area contributed by atoms with Crippen molar-refractivity contribution in [1.29, 1.82) is 0 Å². The van der Waals surface area contributed by atoms with Gasteiger partial charge in [-0.05, 0) is 67.2 Å². The van der Waals surface area contributed by atoms with Crippen LogP contribution in [0, 0.1) is 5.41 Å². The second-order valence-electron chi connectivity index (χ2n) is 6.16. The van der Waals surface area contributed by atoms with Gasteiger partial charge in [-0.15, -0.1) is 0 Å². The Morgan fingerprint density at radius 2 is 1.88 bits per heavy atom. The third-order valence-electron chi connectivity index (χ3n) is 4.07. The van der Waals surface area contributed by atoms with E-state index in [1.165, 1.54) is 37.7 Å². The zero-order chi connectivity index (χ0) is 12.3. The van der Waals surface area contributed by atoms with Crippen LogP contribution >= 0.6 is 0 Å². The van der Waals surface area contributed by atoms with Gasteiger partial charge in [0.15, 0.2) is 0 Å². The van der Waals surface area contributed by atoms with Crippen LogP contribution in [-0.4, -0.2) is 6.54 Å². The zero-order valence-electron chi connectivity index (χ0n) is 11.3. The van der Waals surface area contributed by atoms with Gasteiger partial charge in [0.2, 0.25) is 0 Å². The molecule has 1 aromatic carbocycles. The highest BCUT2D eigenvalue weighted by atomic mass is 14.5. The number of aryl methyl sites for hydroxylation is 3. The molecule has 1 aliphatic rings. The summed E-state index contributed by atoms with van der Waals surface area (Å²) in [5.74, 6) is 0. The summed E-state index contributed by atoms with van der Waals surface area (Å²) in [5.41, 5.74) is 10.7. The average Bonchev–Trinajstić information content (AvgIpc) is 2.73. The first kappa shape index (κ1) is 12.6. The molecule has 0 fully saturated rings. The van der Waals surface area contributed by atoms with E-state index in [1.54, 1.807) is 11.1 Å². The van der Waals surface area contributed by atoms with Crippen LogP contribution in [0.1, 0.15) is 49.8 Å². The molecular formula is C16H25N. The first-order chi connectivity index (χ1) is 8.11. The second-order valence-corrected chi connectivity index (χ2v) is 6.16. The molecule has 1 aromatic rings. The topological polar surface area (TPSA) is 26.0 Å². The standard InChI is InChI=1S/C16H25N/c1-16(2,10-11-17)9-8-13-6-7-14-4-3-5-15(14)12-13/h6-7,12H,3-5,8-11,17H2,1-2H3. The van der Waals surface area contributed by atoms with Crippen LogP contribution in [0.5, 0.6) is 0 Å². The molecule has 0 bridgehead atoms. The SMILES string of the molecule is CC(C)(CCN)CCc1ccc2c(c1)CCC2. The maximum Gasteiger partial charge on any atom is -0.00722 e. The van der Waals surface area contributed by atoms with Gasteiger partial charge in [-0.3, -0.25) is 0 Å². The highest BCUT2D eigenvalue weighted by Crippen LogP contribution is 2.28. The monoisotopic (exact) mass is 231 g/mol. The molecule has 0 amide bonds. The first-order valence-corrected chi connectivity index (χ1v) is 6.91. The van der Waals surface area contributed by atoms with E-state index in [2.05, 4.69) is 32.0 Å². The van der Waals surface area contributed by atoms with Crippen molar-refractivity contribution in [2.75, 3.05) is 6.54 Å².